The SMILES string of the molecule is O=C1CCN(C(=O)c2cc(Cl)ccc2O)CCN1. The van der Waals surface area contributed by atoms with Crippen LogP contribution in [0.2, 0.25) is 5.02 Å². The first kappa shape index (κ1) is 12.7. The fraction of sp³-hybridized carbons (Fsp3) is 0.333. The zero-order valence-corrected chi connectivity index (χ0v) is 10.4. The lowest BCUT2D eigenvalue weighted by Crippen LogP contribution is -2.34. The van der Waals surface area contributed by atoms with Crippen LogP contribution >= 0.6 is 11.6 Å². The fourth-order valence-electron chi connectivity index (χ4n) is 1.82. The molecule has 1 saturated heterocycles. The van der Waals surface area contributed by atoms with E-state index in [4.69, 9.17) is 11.6 Å². The number of aromatic hydroxyl groups is 1. The molecule has 0 aromatic heterocycles. The van der Waals surface area contributed by atoms with Crippen molar-refractivity contribution < 1.29 is 14.7 Å². The van der Waals surface area contributed by atoms with Crippen LogP contribution in [0.5, 0.6) is 5.75 Å². The van der Waals surface area contributed by atoms with E-state index in [-0.39, 0.29) is 29.5 Å². The minimum absolute atomic E-state index is 0.0689. The van der Waals surface area contributed by atoms with E-state index in [0.717, 1.165) is 0 Å². The highest BCUT2D eigenvalue weighted by molar-refractivity contribution is 6.31. The van der Waals surface area contributed by atoms with Gasteiger partial charge in [0.2, 0.25) is 5.91 Å². The average Bonchev–Trinajstić information content (AvgIpc) is 2.56. The van der Waals surface area contributed by atoms with Crippen LogP contribution in [-0.2, 0) is 4.79 Å². The second-order valence-corrected chi connectivity index (χ2v) is 4.49. The van der Waals surface area contributed by atoms with Crippen molar-refractivity contribution >= 4 is 23.4 Å². The zero-order valence-electron chi connectivity index (χ0n) is 9.65. The molecular weight excluding hydrogens is 256 g/mol. The van der Waals surface area contributed by atoms with Crippen molar-refractivity contribution in [2.45, 2.75) is 6.42 Å². The summed E-state index contributed by atoms with van der Waals surface area (Å²) in [5.41, 5.74) is 0.164. The topological polar surface area (TPSA) is 69.6 Å². The van der Waals surface area contributed by atoms with Crippen molar-refractivity contribution in [3.63, 3.8) is 0 Å². The Labute approximate surface area is 109 Å². The van der Waals surface area contributed by atoms with E-state index >= 15 is 0 Å². The molecule has 1 heterocycles. The van der Waals surface area contributed by atoms with Crippen molar-refractivity contribution in [1.82, 2.24) is 10.2 Å². The Hall–Kier alpha value is -1.75. The quantitative estimate of drug-likeness (QED) is 0.799. The molecule has 0 aliphatic carbocycles. The van der Waals surface area contributed by atoms with Crippen molar-refractivity contribution in [3.8, 4) is 5.75 Å². The molecule has 2 rings (SSSR count). The lowest BCUT2D eigenvalue weighted by atomic mass is 10.1. The summed E-state index contributed by atoms with van der Waals surface area (Å²) in [7, 11) is 0. The molecule has 96 valence electrons. The van der Waals surface area contributed by atoms with Gasteiger partial charge in [-0.25, -0.2) is 0 Å². The van der Waals surface area contributed by atoms with Gasteiger partial charge in [0.05, 0.1) is 5.56 Å². The van der Waals surface area contributed by atoms with E-state index in [1.165, 1.54) is 23.1 Å². The van der Waals surface area contributed by atoms with Crippen LogP contribution in [0.25, 0.3) is 0 Å². The number of rotatable bonds is 1. The van der Waals surface area contributed by atoms with Crippen LogP contribution in [0.1, 0.15) is 16.8 Å². The van der Waals surface area contributed by atoms with Crippen LogP contribution in [0.15, 0.2) is 18.2 Å². The third-order valence-electron chi connectivity index (χ3n) is 2.79. The van der Waals surface area contributed by atoms with Gasteiger partial charge in [-0.2, -0.15) is 0 Å². The molecule has 1 aromatic rings. The third-order valence-corrected chi connectivity index (χ3v) is 3.02. The van der Waals surface area contributed by atoms with Crippen LogP contribution in [0.4, 0.5) is 0 Å². The van der Waals surface area contributed by atoms with Crippen molar-refractivity contribution in [2.75, 3.05) is 19.6 Å². The zero-order chi connectivity index (χ0) is 13.1. The summed E-state index contributed by atoms with van der Waals surface area (Å²) >= 11 is 5.81. The number of carbonyl (C=O) groups is 2. The van der Waals surface area contributed by atoms with E-state index in [1.54, 1.807) is 0 Å². The van der Waals surface area contributed by atoms with Crippen LogP contribution in [0.3, 0.4) is 0 Å². The summed E-state index contributed by atoms with van der Waals surface area (Å²) in [6.45, 7) is 1.19. The maximum Gasteiger partial charge on any atom is 0.257 e. The number of nitrogens with one attached hydrogen (secondary N) is 1. The number of carbonyl (C=O) groups excluding carboxylic acids is 2. The predicted molar refractivity (Wildman–Crippen MR) is 66.6 cm³/mol. The first-order valence-electron chi connectivity index (χ1n) is 5.62. The molecule has 6 heteroatoms. The van der Waals surface area contributed by atoms with Crippen LogP contribution in [0, 0.1) is 0 Å². The van der Waals surface area contributed by atoms with E-state index in [0.29, 0.717) is 24.7 Å². The van der Waals surface area contributed by atoms with E-state index in [1.807, 2.05) is 0 Å². The molecular formula is C12H13ClN2O3. The van der Waals surface area contributed by atoms with Gasteiger partial charge in [-0.1, -0.05) is 11.6 Å². The first-order valence-corrected chi connectivity index (χ1v) is 6.00. The van der Waals surface area contributed by atoms with Gasteiger partial charge in [-0.3, -0.25) is 9.59 Å². The van der Waals surface area contributed by atoms with Crippen molar-refractivity contribution in [3.05, 3.63) is 28.8 Å². The molecule has 0 radical (unpaired) electrons. The molecule has 0 saturated carbocycles. The normalized spacial score (nSPS) is 16.1. The molecule has 1 aliphatic rings. The van der Waals surface area contributed by atoms with Crippen molar-refractivity contribution in [2.24, 2.45) is 0 Å². The van der Waals surface area contributed by atoms with Gasteiger partial charge in [-0.15, -0.1) is 0 Å². The van der Waals surface area contributed by atoms with Crippen LogP contribution < -0.4 is 5.32 Å². The Morgan fingerprint density at radius 3 is 2.94 bits per heavy atom. The predicted octanol–water partition coefficient (Wildman–Crippen LogP) is 1.01. The van der Waals surface area contributed by atoms with Gasteiger partial charge in [-0.05, 0) is 18.2 Å². The third kappa shape index (κ3) is 2.73. The lowest BCUT2D eigenvalue weighted by molar-refractivity contribution is -0.120. The average molecular weight is 269 g/mol. The number of amides is 2. The molecule has 0 atom stereocenters. The standard InChI is InChI=1S/C12H13ClN2O3/c13-8-1-2-10(16)9(7-8)12(18)15-5-3-11(17)14-4-6-15/h1-2,7,16H,3-6H2,(H,14,17). The molecule has 1 aliphatic heterocycles. The Morgan fingerprint density at radius 1 is 1.39 bits per heavy atom. The highest BCUT2D eigenvalue weighted by Gasteiger charge is 2.22. The molecule has 0 spiro atoms. The summed E-state index contributed by atoms with van der Waals surface area (Å²) in [4.78, 5) is 24.9. The van der Waals surface area contributed by atoms with E-state index < -0.39 is 0 Å². The summed E-state index contributed by atoms with van der Waals surface area (Å²) < 4.78 is 0. The summed E-state index contributed by atoms with van der Waals surface area (Å²) in [6, 6.07) is 4.33. The molecule has 5 nitrogen and oxygen atoms in total. The molecule has 18 heavy (non-hydrogen) atoms. The van der Waals surface area contributed by atoms with Crippen molar-refractivity contribution in [1.29, 1.82) is 0 Å². The van der Waals surface area contributed by atoms with E-state index in [9.17, 15) is 14.7 Å². The Kier molecular flexibility index (Phi) is 3.72. The number of phenols is 1. The number of hydrogen-bond donors (Lipinski definition) is 2. The molecule has 2 N–H and O–H groups in total. The van der Waals surface area contributed by atoms with Gasteiger partial charge < -0.3 is 15.3 Å². The maximum atomic E-state index is 12.2. The number of phenolic OH excluding ortho intramolecular Hbond substituents is 1. The molecule has 1 aromatic carbocycles. The second kappa shape index (κ2) is 5.27. The highest BCUT2D eigenvalue weighted by atomic mass is 35.5. The minimum Gasteiger partial charge on any atom is -0.507 e. The number of benzene rings is 1. The van der Waals surface area contributed by atoms with Gasteiger partial charge in [0.15, 0.2) is 0 Å². The van der Waals surface area contributed by atoms with Crippen LogP contribution in [-0.4, -0.2) is 41.5 Å². The monoisotopic (exact) mass is 268 g/mol. The van der Waals surface area contributed by atoms with Gasteiger partial charge in [0.25, 0.3) is 5.91 Å². The second-order valence-electron chi connectivity index (χ2n) is 4.05. The molecule has 1 fully saturated rings. The largest absolute Gasteiger partial charge is 0.507 e. The van der Waals surface area contributed by atoms with Gasteiger partial charge >= 0.3 is 0 Å². The molecule has 0 bridgehead atoms. The smallest absolute Gasteiger partial charge is 0.257 e. The summed E-state index contributed by atoms with van der Waals surface area (Å²) in [6.07, 6.45) is 0.271. The lowest BCUT2D eigenvalue weighted by Gasteiger charge is -2.20. The number of nitrogens with zero attached hydrogens (tertiary/aromatic N) is 1. The number of hydrogen-bond acceptors (Lipinski definition) is 3. The first-order chi connectivity index (χ1) is 8.58. The molecule has 2 amide bonds. The Bertz CT molecular complexity index is 490. The minimum atomic E-state index is -0.313. The van der Waals surface area contributed by atoms with Gasteiger partial charge in [0, 0.05) is 31.1 Å². The Balaban J connectivity index is 2.19. The fourth-order valence-corrected chi connectivity index (χ4v) is 1.99. The maximum absolute atomic E-state index is 12.2. The highest BCUT2D eigenvalue weighted by Crippen LogP contribution is 2.23. The Morgan fingerprint density at radius 2 is 2.17 bits per heavy atom. The number of halogens is 1. The molecule has 0 unspecified atom stereocenters. The van der Waals surface area contributed by atoms with E-state index in [2.05, 4.69) is 5.32 Å². The summed E-state index contributed by atoms with van der Waals surface area (Å²) in [5, 5.41) is 12.7. The summed E-state index contributed by atoms with van der Waals surface area (Å²) in [5.74, 6) is -0.486. The van der Waals surface area contributed by atoms with Gasteiger partial charge in [0.1, 0.15) is 5.75 Å².